The molecule has 3 aromatic rings. The number of hydrogen-bond donors (Lipinski definition) is 2. The number of hydrogen-bond acceptors (Lipinski definition) is 4. The third-order valence-corrected chi connectivity index (χ3v) is 6.16. The van der Waals surface area contributed by atoms with E-state index in [1.807, 2.05) is 0 Å². The Balaban J connectivity index is 0.00000441. The predicted molar refractivity (Wildman–Crippen MR) is 132 cm³/mol. The highest BCUT2D eigenvalue weighted by molar-refractivity contribution is 5.89. The van der Waals surface area contributed by atoms with Crippen LogP contribution in [0.15, 0.2) is 30.3 Å². The number of benzene rings is 2. The summed E-state index contributed by atoms with van der Waals surface area (Å²) in [7, 11) is 0. The van der Waals surface area contributed by atoms with Crippen molar-refractivity contribution in [1.82, 2.24) is 14.5 Å². The van der Waals surface area contributed by atoms with Gasteiger partial charge in [0.15, 0.2) is 11.6 Å². The second-order valence-electron chi connectivity index (χ2n) is 9.10. The maximum Gasteiger partial charge on any atom is 0.449 e. The van der Waals surface area contributed by atoms with E-state index in [0.29, 0.717) is 12.1 Å². The molecule has 1 aliphatic heterocycles. The molecule has 40 heavy (non-hydrogen) atoms. The van der Waals surface area contributed by atoms with Crippen molar-refractivity contribution < 1.29 is 40.3 Å². The lowest BCUT2D eigenvalue weighted by molar-refractivity contribution is -0.148. The fraction of sp³-hybridized carbons (Fsp3) is 0.320. The molecule has 2 amide bonds. The van der Waals surface area contributed by atoms with Crippen molar-refractivity contribution in [2.24, 2.45) is 5.73 Å². The number of nitrogens with two attached hydrogens (primary N) is 1. The molecule has 1 aromatic heterocycles. The van der Waals surface area contributed by atoms with Gasteiger partial charge in [0, 0.05) is 49.8 Å². The quantitative estimate of drug-likeness (QED) is 0.317. The highest BCUT2D eigenvalue weighted by Gasteiger charge is 2.41. The van der Waals surface area contributed by atoms with E-state index in [4.69, 9.17) is 5.73 Å². The lowest BCUT2D eigenvalue weighted by atomic mass is 10.0. The first-order valence-corrected chi connectivity index (χ1v) is 11.7. The molecule has 0 fully saturated rings. The Kier molecular flexibility index (Phi) is 9.14. The predicted octanol–water partition coefficient (Wildman–Crippen LogP) is 4.81. The number of aromatic nitrogens is 2. The van der Waals surface area contributed by atoms with Crippen LogP contribution in [0.2, 0.25) is 0 Å². The summed E-state index contributed by atoms with van der Waals surface area (Å²) in [6.07, 6.45) is -5.55. The molecular weight excluding hydrogens is 571 g/mol. The third-order valence-electron chi connectivity index (χ3n) is 6.16. The number of fused-ring (bicyclic) bond motifs is 1. The van der Waals surface area contributed by atoms with Crippen LogP contribution in [0.25, 0.3) is 11.3 Å². The van der Waals surface area contributed by atoms with Crippen molar-refractivity contribution in [3.8, 4) is 11.3 Å². The van der Waals surface area contributed by atoms with Crippen molar-refractivity contribution in [3.63, 3.8) is 0 Å². The van der Waals surface area contributed by atoms with Gasteiger partial charge in [-0.25, -0.2) is 22.5 Å². The zero-order valence-electron chi connectivity index (χ0n) is 20.8. The van der Waals surface area contributed by atoms with Crippen molar-refractivity contribution in [3.05, 3.63) is 70.7 Å². The largest absolute Gasteiger partial charge is 0.449 e. The van der Waals surface area contributed by atoms with Crippen molar-refractivity contribution >= 4 is 29.9 Å². The summed E-state index contributed by atoms with van der Waals surface area (Å²) >= 11 is 0. The fourth-order valence-electron chi connectivity index (χ4n) is 4.43. The van der Waals surface area contributed by atoms with Crippen LogP contribution in [0.4, 0.5) is 36.4 Å². The number of nitrogens with one attached hydrogen (secondary N) is 1. The summed E-state index contributed by atoms with van der Waals surface area (Å²) in [6, 6.07) is 3.35. The van der Waals surface area contributed by atoms with Gasteiger partial charge in [0.25, 0.3) is 0 Å². The van der Waals surface area contributed by atoms with E-state index in [1.165, 1.54) is 17.9 Å². The number of imidazole rings is 1. The highest BCUT2D eigenvalue weighted by Crippen LogP contribution is 2.37. The van der Waals surface area contributed by atoms with Gasteiger partial charge in [-0.05, 0) is 36.2 Å². The summed E-state index contributed by atoms with van der Waals surface area (Å²) < 4.78 is 97.6. The lowest BCUT2D eigenvalue weighted by Crippen LogP contribution is -2.42. The molecule has 7 nitrogen and oxygen atoms in total. The minimum Gasteiger partial charge on any atom is -0.335 e. The number of halogens is 8. The Morgan fingerprint density at radius 2 is 1.70 bits per heavy atom. The fourth-order valence-corrected chi connectivity index (χ4v) is 4.43. The number of alkyl halides is 3. The van der Waals surface area contributed by atoms with Crippen LogP contribution in [0.5, 0.6) is 0 Å². The number of carbonyl (C=O) groups is 2. The molecule has 0 bridgehead atoms. The minimum absolute atomic E-state index is 0. The first-order chi connectivity index (χ1) is 18.2. The first-order valence-electron chi connectivity index (χ1n) is 11.7. The molecule has 0 saturated heterocycles. The first kappa shape index (κ1) is 30.9. The summed E-state index contributed by atoms with van der Waals surface area (Å²) in [5.74, 6) is -6.92. The highest BCUT2D eigenvalue weighted by atomic mass is 35.5. The zero-order chi connectivity index (χ0) is 28.6. The van der Waals surface area contributed by atoms with Gasteiger partial charge in [-0.15, -0.1) is 12.4 Å². The van der Waals surface area contributed by atoms with Gasteiger partial charge in [0.1, 0.15) is 11.6 Å². The normalized spacial score (nSPS) is 13.9. The number of rotatable bonds is 6. The lowest BCUT2D eigenvalue weighted by Gasteiger charge is -2.30. The molecule has 0 radical (unpaired) electrons. The summed E-state index contributed by atoms with van der Waals surface area (Å²) in [5, 5.41) is 2.43. The van der Waals surface area contributed by atoms with E-state index in [9.17, 15) is 40.3 Å². The maximum absolute atomic E-state index is 14.8. The smallest absolute Gasteiger partial charge is 0.335 e. The van der Waals surface area contributed by atoms with Crippen LogP contribution < -0.4 is 11.1 Å². The summed E-state index contributed by atoms with van der Waals surface area (Å²) in [4.78, 5) is 29.2. The molecule has 216 valence electrons. The molecule has 3 N–H and O–H groups in total. The van der Waals surface area contributed by atoms with E-state index in [1.54, 1.807) is 0 Å². The molecule has 0 aliphatic carbocycles. The van der Waals surface area contributed by atoms with Crippen LogP contribution >= 0.6 is 12.4 Å². The molecule has 2 aromatic carbocycles. The molecule has 0 spiro atoms. The molecule has 1 aliphatic rings. The SMILES string of the molecule is CC(=O)Nc1ccc(F)c(-c2nc(C(F)(F)F)n3c2CN(C(=O)C[C@H](N)Cc2cc(F)c(F)cc2F)CC3)c1.Cl. The standard InChI is InChI=1S/C25H22F7N5O2.ClH/c1-12(38)34-15-2-3-17(26)16(9-15)23-21-11-36(4-5-37(21)24(35-23)25(30,31)32)22(39)8-14(33)6-13-7-19(28)20(29)10-18(13)27;/h2-3,7,9-10,14H,4-6,8,11,33H2,1H3,(H,34,38);1H/t14-;/m1./s1. The monoisotopic (exact) mass is 593 g/mol. The number of anilines is 1. The molecule has 0 unspecified atom stereocenters. The van der Waals surface area contributed by atoms with E-state index in [0.717, 1.165) is 16.7 Å². The Bertz CT molecular complexity index is 1440. The summed E-state index contributed by atoms with van der Waals surface area (Å²) in [6.45, 7) is 0.389. The van der Waals surface area contributed by atoms with Gasteiger partial charge in [-0.2, -0.15) is 13.2 Å². The van der Waals surface area contributed by atoms with Gasteiger partial charge < -0.3 is 20.5 Å². The van der Waals surface area contributed by atoms with Crippen molar-refractivity contribution in [2.45, 2.75) is 45.1 Å². The van der Waals surface area contributed by atoms with Gasteiger partial charge in [0.2, 0.25) is 17.6 Å². The van der Waals surface area contributed by atoms with Crippen LogP contribution in [-0.2, 0) is 35.3 Å². The van der Waals surface area contributed by atoms with Gasteiger partial charge in [-0.1, -0.05) is 0 Å². The Morgan fingerprint density at radius 3 is 2.35 bits per heavy atom. The molecular formula is C25H23ClF7N5O2. The van der Waals surface area contributed by atoms with Crippen molar-refractivity contribution in [2.75, 3.05) is 11.9 Å². The van der Waals surface area contributed by atoms with Crippen LogP contribution in [0.3, 0.4) is 0 Å². The average molecular weight is 594 g/mol. The molecule has 4 rings (SSSR count). The maximum atomic E-state index is 14.8. The number of carbonyl (C=O) groups excluding carboxylic acids is 2. The molecule has 15 heteroatoms. The molecule has 0 saturated carbocycles. The van der Waals surface area contributed by atoms with Crippen LogP contribution in [0, 0.1) is 23.3 Å². The summed E-state index contributed by atoms with van der Waals surface area (Å²) in [5.41, 5.74) is 5.10. The Labute approximate surface area is 229 Å². The zero-order valence-corrected chi connectivity index (χ0v) is 21.6. The second kappa shape index (κ2) is 11.8. The Morgan fingerprint density at radius 1 is 1.02 bits per heavy atom. The minimum atomic E-state index is -4.87. The second-order valence-corrected chi connectivity index (χ2v) is 9.10. The molecule has 2 heterocycles. The van der Waals surface area contributed by atoms with E-state index >= 15 is 0 Å². The average Bonchev–Trinajstić information content (AvgIpc) is 3.22. The van der Waals surface area contributed by atoms with Crippen LogP contribution in [0.1, 0.15) is 30.4 Å². The van der Waals surface area contributed by atoms with Crippen LogP contribution in [-0.4, -0.2) is 38.9 Å². The van der Waals surface area contributed by atoms with E-state index in [-0.39, 0.29) is 73.1 Å². The molecule has 1 atom stereocenters. The van der Waals surface area contributed by atoms with Crippen molar-refractivity contribution in [1.29, 1.82) is 0 Å². The van der Waals surface area contributed by atoms with E-state index in [2.05, 4.69) is 10.3 Å². The number of nitrogens with zero attached hydrogens (tertiary/aromatic N) is 3. The third kappa shape index (κ3) is 6.55. The van der Waals surface area contributed by atoms with Gasteiger partial charge in [0.05, 0.1) is 17.9 Å². The Hall–Kier alpha value is -3.65. The number of amides is 2. The van der Waals surface area contributed by atoms with E-state index < -0.39 is 53.1 Å². The van der Waals surface area contributed by atoms with Gasteiger partial charge in [-0.3, -0.25) is 9.59 Å². The van der Waals surface area contributed by atoms with Gasteiger partial charge >= 0.3 is 6.18 Å². The topological polar surface area (TPSA) is 93.2 Å².